The van der Waals surface area contributed by atoms with E-state index in [4.69, 9.17) is 5.11 Å². The van der Waals surface area contributed by atoms with Crippen molar-refractivity contribution in [3.63, 3.8) is 0 Å². The van der Waals surface area contributed by atoms with Crippen molar-refractivity contribution >= 4 is 27.8 Å². The summed E-state index contributed by atoms with van der Waals surface area (Å²) in [7, 11) is 0. The summed E-state index contributed by atoms with van der Waals surface area (Å²) >= 11 is 3.31. The van der Waals surface area contributed by atoms with Crippen LogP contribution in [0.4, 0.5) is 0 Å². The average Bonchev–Trinajstić information content (AvgIpc) is 2.28. The predicted octanol–water partition coefficient (Wildman–Crippen LogP) is 2.22. The van der Waals surface area contributed by atoms with Gasteiger partial charge in [-0.25, -0.2) is 4.79 Å². The molecule has 18 heavy (non-hydrogen) atoms. The van der Waals surface area contributed by atoms with E-state index in [9.17, 15) is 9.59 Å². The van der Waals surface area contributed by atoms with Crippen LogP contribution in [0, 0.1) is 5.92 Å². The molecule has 0 aromatic heterocycles. The van der Waals surface area contributed by atoms with Crippen LogP contribution < -0.4 is 5.32 Å². The third-order valence-corrected chi connectivity index (χ3v) is 3.06. The van der Waals surface area contributed by atoms with E-state index in [2.05, 4.69) is 21.2 Å². The molecular formula is C13H16BrNO3. The zero-order chi connectivity index (χ0) is 13.7. The Bertz CT molecular complexity index is 428. The van der Waals surface area contributed by atoms with Crippen molar-refractivity contribution in [2.24, 2.45) is 5.92 Å². The van der Waals surface area contributed by atoms with Gasteiger partial charge in [-0.05, 0) is 23.6 Å². The van der Waals surface area contributed by atoms with E-state index in [1.807, 2.05) is 24.3 Å². The summed E-state index contributed by atoms with van der Waals surface area (Å²) < 4.78 is 0.942. The second-order valence-corrected chi connectivity index (χ2v) is 5.35. The SMILES string of the molecule is CC(C)C(NC(=O)Cc1ccc(Br)cc1)C(=O)O. The molecule has 0 aliphatic rings. The van der Waals surface area contributed by atoms with Gasteiger partial charge in [0.2, 0.25) is 5.91 Å². The molecule has 5 heteroatoms. The Morgan fingerprint density at radius 1 is 1.28 bits per heavy atom. The first kappa shape index (κ1) is 14.7. The van der Waals surface area contributed by atoms with Crippen LogP contribution in [0.5, 0.6) is 0 Å². The highest BCUT2D eigenvalue weighted by Crippen LogP contribution is 2.11. The fourth-order valence-electron chi connectivity index (χ4n) is 1.53. The van der Waals surface area contributed by atoms with Gasteiger partial charge < -0.3 is 10.4 Å². The zero-order valence-electron chi connectivity index (χ0n) is 10.3. The van der Waals surface area contributed by atoms with Crippen LogP contribution >= 0.6 is 15.9 Å². The van der Waals surface area contributed by atoms with Gasteiger partial charge in [0.05, 0.1) is 6.42 Å². The third-order valence-electron chi connectivity index (χ3n) is 2.53. The number of benzene rings is 1. The van der Waals surface area contributed by atoms with E-state index in [1.165, 1.54) is 0 Å². The van der Waals surface area contributed by atoms with Crippen LogP contribution in [0.25, 0.3) is 0 Å². The highest BCUT2D eigenvalue weighted by molar-refractivity contribution is 9.10. The number of aliphatic carboxylic acids is 1. The molecule has 0 aliphatic carbocycles. The summed E-state index contributed by atoms with van der Waals surface area (Å²) in [6.45, 7) is 3.53. The number of hydrogen-bond donors (Lipinski definition) is 2. The Kier molecular flexibility index (Phi) is 5.34. The van der Waals surface area contributed by atoms with E-state index in [0.29, 0.717) is 0 Å². The van der Waals surface area contributed by atoms with Crippen molar-refractivity contribution in [1.82, 2.24) is 5.32 Å². The number of carbonyl (C=O) groups is 2. The molecule has 1 unspecified atom stereocenters. The number of halogens is 1. The minimum absolute atomic E-state index is 0.142. The maximum Gasteiger partial charge on any atom is 0.326 e. The van der Waals surface area contributed by atoms with Crippen LogP contribution in [0.15, 0.2) is 28.7 Å². The molecule has 1 rings (SSSR count). The number of hydrogen-bond acceptors (Lipinski definition) is 2. The fourth-order valence-corrected chi connectivity index (χ4v) is 1.79. The number of carboxylic acids is 1. The summed E-state index contributed by atoms with van der Waals surface area (Å²) in [6, 6.07) is 6.51. The van der Waals surface area contributed by atoms with Gasteiger partial charge in [-0.15, -0.1) is 0 Å². The lowest BCUT2D eigenvalue weighted by atomic mass is 10.0. The van der Waals surface area contributed by atoms with Gasteiger partial charge in [0.15, 0.2) is 0 Å². The van der Waals surface area contributed by atoms with Crippen molar-refractivity contribution in [1.29, 1.82) is 0 Å². The molecule has 0 bridgehead atoms. The summed E-state index contributed by atoms with van der Waals surface area (Å²) in [6.07, 6.45) is 0.184. The minimum atomic E-state index is -1.01. The number of carbonyl (C=O) groups excluding carboxylic acids is 1. The predicted molar refractivity (Wildman–Crippen MR) is 72.3 cm³/mol. The van der Waals surface area contributed by atoms with Crippen molar-refractivity contribution in [3.8, 4) is 0 Å². The zero-order valence-corrected chi connectivity index (χ0v) is 11.9. The molecule has 1 amide bonds. The van der Waals surface area contributed by atoms with Gasteiger partial charge >= 0.3 is 5.97 Å². The van der Waals surface area contributed by atoms with Gasteiger partial charge in [0.1, 0.15) is 6.04 Å². The molecule has 0 saturated heterocycles. The quantitative estimate of drug-likeness (QED) is 0.876. The van der Waals surface area contributed by atoms with Gasteiger partial charge in [-0.3, -0.25) is 4.79 Å². The molecule has 0 aliphatic heterocycles. The van der Waals surface area contributed by atoms with Gasteiger partial charge in [-0.1, -0.05) is 41.9 Å². The Balaban J connectivity index is 2.60. The first-order valence-electron chi connectivity index (χ1n) is 5.66. The van der Waals surface area contributed by atoms with Crippen molar-refractivity contribution in [2.45, 2.75) is 26.3 Å². The Morgan fingerprint density at radius 2 is 1.83 bits per heavy atom. The van der Waals surface area contributed by atoms with Crippen molar-refractivity contribution < 1.29 is 14.7 Å². The lowest BCUT2D eigenvalue weighted by molar-refractivity contribution is -0.143. The van der Waals surface area contributed by atoms with E-state index in [-0.39, 0.29) is 18.2 Å². The molecule has 0 heterocycles. The van der Waals surface area contributed by atoms with Crippen molar-refractivity contribution in [2.75, 3.05) is 0 Å². The van der Waals surface area contributed by atoms with E-state index in [1.54, 1.807) is 13.8 Å². The fraction of sp³-hybridized carbons (Fsp3) is 0.385. The molecule has 1 atom stereocenters. The molecule has 1 aromatic rings. The monoisotopic (exact) mass is 313 g/mol. The van der Waals surface area contributed by atoms with Gasteiger partial charge in [0, 0.05) is 4.47 Å². The number of carboxylic acid groups (broad SMARTS) is 1. The van der Waals surface area contributed by atoms with Crippen LogP contribution in [-0.2, 0) is 16.0 Å². The second-order valence-electron chi connectivity index (χ2n) is 4.43. The molecule has 0 radical (unpaired) electrons. The molecule has 0 saturated carbocycles. The first-order chi connectivity index (χ1) is 8.40. The minimum Gasteiger partial charge on any atom is -0.480 e. The molecular weight excluding hydrogens is 298 g/mol. The molecule has 0 fully saturated rings. The first-order valence-corrected chi connectivity index (χ1v) is 6.46. The smallest absolute Gasteiger partial charge is 0.326 e. The molecule has 0 spiro atoms. The van der Waals surface area contributed by atoms with Crippen LogP contribution in [0.2, 0.25) is 0 Å². The highest BCUT2D eigenvalue weighted by Gasteiger charge is 2.23. The van der Waals surface area contributed by atoms with E-state index >= 15 is 0 Å². The van der Waals surface area contributed by atoms with Crippen LogP contribution in [-0.4, -0.2) is 23.0 Å². The summed E-state index contributed by atoms with van der Waals surface area (Å²) in [4.78, 5) is 22.7. The standard InChI is InChI=1S/C13H16BrNO3/c1-8(2)12(13(17)18)15-11(16)7-9-3-5-10(14)6-4-9/h3-6,8,12H,7H2,1-2H3,(H,15,16)(H,17,18). The van der Waals surface area contributed by atoms with Crippen LogP contribution in [0.1, 0.15) is 19.4 Å². The largest absolute Gasteiger partial charge is 0.480 e. The van der Waals surface area contributed by atoms with Gasteiger partial charge in [-0.2, -0.15) is 0 Å². The lowest BCUT2D eigenvalue weighted by Crippen LogP contribution is -2.44. The maximum atomic E-state index is 11.7. The Morgan fingerprint density at radius 3 is 2.28 bits per heavy atom. The van der Waals surface area contributed by atoms with Gasteiger partial charge in [0.25, 0.3) is 0 Å². The summed E-state index contributed by atoms with van der Waals surface area (Å²) in [5.74, 6) is -1.43. The maximum absolute atomic E-state index is 11.7. The number of nitrogens with one attached hydrogen (secondary N) is 1. The topological polar surface area (TPSA) is 66.4 Å². The lowest BCUT2D eigenvalue weighted by Gasteiger charge is -2.17. The summed E-state index contributed by atoms with van der Waals surface area (Å²) in [5, 5.41) is 11.5. The molecule has 1 aromatic carbocycles. The van der Waals surface area contributed by atoms with E-state index in [0.717, 1.165) is 10.0 Å². The number of rotatable bonds is 5. The molecule has 2 N–H and O–H groups in total. The number of amides is 1. The average molecular weight is 314 g/mol. The second kappa shape index (κ2) is 6.54. The van der Waals surface area contributed by atoms with Crippen molar-refractivity contribution in [3.05, 3.63) is 34.3 Å². The highest BCUT2D eigenvalue weighted by atomic mass is 79.9. The summed E-state index contributed by atoms with van der Waals surface area (Å²) in [5.41, 5.74) is 0.851. The Hall–Kier alpha value is -1.36. The normalized spacial score (nSPS) is 12.2. The molecule has 4 nitrogen and oxygen atoms in total. The third kappa shape index (κ3) is 4.49. The molecule has 98 valence electrons. The Labute approximate surface area is 115 Å². The van der Waals surface area contributed by atoms with Crippen LogP contribution in [0.3, 0.4) is 0 Å². The van der Waals surface area contributed by atoms with E-state index < -0.39 is 12.0 Å².